The Hall–Kier alpha value is -1.32. The number of rotatable bonds is 3. The monoisotopic (exact) mass is 193 g/mol. The molecule has 0 unspecified atom stereocenters. The zero-order chi connectivity index (χ0) is 10.1. The summed E-state index contributed by atoms with van der Waals surface area (Å²) in [6, 6.07) is 0. The van der Waals surface area contributed by atoms with Gasteiger partial charge < -0.3 is 5.32 Å². The van der Waals surface area contributed by atoms with Crippen molar-refractivity contribution in [2.45, 2.75) is 26.2 Å². The largest absolute Gasteiger partial charge is 0.323 e. The van der Waals surface area contributed by atoms with Crippen LogP contribution >= 0.6 is 0 Å². The Morgan fingerprint density at radius 2 is 2.43 bits per heavy atom. The minimum Gasteiger partial charge on any atom is -0.323 e. The summed E-state index contributed by atoms with van der Waals surface area (Å²) < 4.78 is 1.74. The molecule has 4 heteroatoms. The summed E-state index contributed by atoms with van der Waals surface area (Å²) in [5, 5.41) is 7.19. The Morgan fingerprint density at radius 3 is 3.00 bits per heavy atom. The molecule has 1 aromatic rings. The molecule has 1 fully saturated rings. The third-order valence-electron chi connectivity index (χ3n) is 2.45. The molecular formula is C10H15N3O. The lowest BCUT2D eigenvalue weighted by molar-refractivity contribution is -0.117. The molecule has 2 rings (SSSR count). The van der Waals surface area contributed by atoms with Gasteiger partial charge in [0.1, 0.15) is 0 Å². The van der Waals surface area contributed by atoms with Crippen LogP contribution < -0.4 is 5.32 Å². The molecule has 1 saturated carbocycles. The summed E-state index contributed by atoms with van der Waals surface area (Å²) in [5.41, 5.74) is 1.83. The van der Waals surface area contributed by atoms with Gasteiger partial charge in [-0.05, 0) is 19.3 Å². The van der Waals surface area contributed by atoms with Gasteiger partial charge in [-0.2, -0.15) is 5.10 Å². The van der Waals surface area contributed by atoms with Crippen LogP contribution in [-0.4, -0.2) is 15.7 Å². The summed E-state index contributed by atoms with van der Waals surface area (Å²) in [6.07, 6.45) is 4.78. The number of nitrogens with zero attached hydrogens (tertiary/aromatic N) is 2. The first kappa shape index (κ1) is 9.24. The van der Waals surface area contributed by atoms with Gasteiger partial charge in [0.25, 0.3) is 0 Å². The highest BCUT2D eigenvalue weighted by Gasteiger charge is 2.30. The Bertz CT molecular complexity index is 352. The Morgan fingerprint density at radius 1 is 1.71 bits per heavy atom. The number of carbonyl (C=O) groups excluding carboxylic acids is 1. The first-order chi connectivity index (χ1) is 6.70. The second kappa shape index (κ2) is 3.44. The highest BCUT2D eigenvalue weighted by molar-refractivity contribution is 5.94. The van der Waals surface area contributed by atoms with Crippen molar-refractivity contribution in [1.82, 2.24) is 9.78 Å². The first-order valence-electron chi connectivity index (χ1n) is 5.04. The third-order valence-corrected chi connectivity index (χ3v) is 2.45. The zero-order valence-electron chi connectivity index (χ0n) is 8.58. The van der Waals surface area contributed by atoms with E-state index in [4.69, 9.17) is 0 Å². The van der Waals surface area contributed by atoms with Gasteiger partial charge in [-0.1, -0.05) is 6.92 Å². The predicted octanol–water partition coefficient (Wildman–Crippen LogP) is 1.33. The predicted molar refractivity (Wildman–Crippen MR) is 53.9 cm³/mol. The van der Waals surface area contributed by atoms with Crippen LogP contribution in [-0.2, 0) is 18.3 Å². The van der Waals surface area contributed by atoms with Crippen LogP contribution in [0, 0.1) is 5.92 Å². The van der Waals surface area contributed by atoms with E-state index in [0.717, 1.165) is 30.6 Å². The SMILES string of the molecule is CCc1nn(C)cc1NC(=O)C1CC1. The third kappa shape index (κ3) is 1.78. The molecule has 1 N–H and O–H groups in total. The number of carbonyl (C=O) groups is 1. The van der Waals surface area contributed by atoms with Crippen LogP contribution in [0.15, 0.2) is 6.20 Å². The highest BCUT2D eigenvalue weighted by Crippen LogP contribution is 2.30. The summed E-state index contributed by atoms with van der Waals surface area (Å²) in [7, 11) is 1.87. The quantitative estimate of drug-likeness (QED) is 0.787. The molecule has 0 bridgehead atoms. The van der Waals surface area contributed by atoms with Crippen molar-refractivity contribution in [1.29, 1.82) is 0 Å². The summed E-state index contributed by atoms with van der Waals surface area (Å²) in [6.45, 7) is 2.04. The number of aromatic nitrogens is 2. The van der Waals surface area contributed by atoms with Crippen molar-refractivity contribution < 1.29 is 4.79 Å². The van der Waals surface area contributed by atoms with Crippen molar-refractivity contribution >= 4 is 11.6 Å². The Labute approximate surface area is 83.3 Å². The number of anilines is 1. The molecule has 0 atom stereocenters. The molecule has 0 aromatic carbocycles. The molecule has 1 heterocycles. The van der Waals surface area contributed by atoms with Crippen LogP contribution in [0.25, 0.3) is 0 Å². The summed E-state index contributed by atoms with van der Waals surface area (Å²) in [4.78, 5) is 11.5. The van der Waals surface area contributed by atoms with Gasteiger partial charge in [-0.25, -0.2) is 0 Å². The molecular weight excluding hydrogens is 178 g/mol. The molecule has 0 aliphatic heterocycles. The lowest BCUT2D eigenvalue weighted by atomic mass is 10.3. The molecule has 0 spiro atoms. The number of amides is 1. The smallest absolute Gasteiger partial charge is 0.227 e. The summed E-state index contributed by atoms with van der Waals surface area (Å²) in [5.74, 6) is 0.396. The van der Waals surface area contributed by atoms with E-state index in [1.165, 1.54) is 0 Å². The molecule has 1 aliphatic carbocycles. The fourth-order valence-electron chi connectivity index (χ4n) is 1.48. The molecule has 76 valence electrons. The van der Waals surface area contributed by atoms with Crippen molar-refractivity contribution in [3.63, 3.8) is 0 Å². The maximum atomic E-state index is 11.5. The van der Waals surface area contributed by atoms with Gasteiger partial charge in [0, 0.05) is 19.2 Å². The van der Waals surface area contributed by atoms with E-state index in [1.54, 1.807) is 4.68 Å². The minimum absolute atomic E-state index is 0.146. The van der Waals surface area contributed by atoms with Gasteiger partial charge in [0.15, 0.2) is 0 Å². The van der Waals surface area contributed by atoms with E-state index >= 15 is 0 Å². The van der Waals surface area contributed by atoms with Crippen molar-refractivity contribution in [2.75, 3.05) is 5.32 Å². The van der Waals surface area contributed by atoms with Crippen LogP contribution in [0.1, 0.15) is 25.5 Å². The minimum atomic E-state index is 0.146. The average molecular weight is 193 g/mol. The Balaban J connectivity index is 2.10. The molecule has 1 aromatic heterocycles. The summed E-state index contributed by atoms with van der Waals surface area (Å²) >= 11 is 0. The lowest BCUT2D eigenvalue weighted by Gasteiger charge is -2.01. The van der Waals surface area contributed by atoms with Crippen molar-refractivity contribution in [2.24, 2.45) is 13.0 Å². The second-order valence-electron chi connectivity index (χ2n) is 3.78. The standard InChI is InChI=1S/C10H15N3O/c1-3-8-9(6-13(2)12-8)11-10(14)7-4-5-7/h6-7H,3-5H2,1-2H3,(H,11,14). The number of aryl methyl sites for hydroxylation is 2. The molecule has 1 aliphatic rings. The van der Waals surface area contributed by atoms with Crippen LogP contribution in [0.2, 0.25) is 0 Å². The van der Waals surface area contributed by atoms with Gasteiger partial charge in [0.2, 0.25) is 5.91 Å². The number of hydrogen-bond donors (Lipinski definition) is 1. The van der Waals surface area contributed by atoms with Gasteiger partial charge >= 0.3 is 0 Å². The molecule has 4 nitrogen and oxygen atoms in total. The van der Waals surface area contributed by atoms with Gasteiger partial charge in [0.05, 0.1) is 11.4 Å². The second-order valence-corrected chi connectivity index (χ2v) is 3.78. The van der Waals surface area contributed by atoms with E-state index in [-0.39, 0.29) is 11.8 Å². The van der Waals surface area contributed by atoms with E-state index in [0.29, 0.717) is 0 Å². The van der Waals surface area contributed by atoms with Gasteiger partial charge in [-0.15, -0.1) is 0 Å². The van der Waals surface area contributed by atoms with Crippen molar-refractivity contribution in [3.8, 4) is 0 Å². The average Bonchev–Trinajstić information content (AvgIpc) is 2.92. The van der Waals surface area contributed by atoms with E-state index in [1.807, 2.05) is 20.2 Å². The topological polar surface area (TPSA) is 46.9 Å². The molecule has 0 saturated heterocycles. The van der Waals surface area contributed by atoms with Crippen molar-refractivity contribution in [3.05, 3.63) is 11.9 Å². The normalized spacial score (nSPS) is 15.6. The maximum absolute atomic E-state index is 11.5. The van der Waals surface area contributed by atoms with Crippen LogP contribution in [0.3, 0.4) is 0 Å². The van der Waals surface area contributed by atoms with E-state index in [2.05, 4.69) is 10.4 Å². The van der Waals surface area contributed by atoms with Crippen LogP contribution in [0.5, 0.6) is 0 Å². The lowest BCUT2D eigenvalue weighted by Crippen LogP contribution is -2.13. The van der Waals surface area contributed by atoms with E-state index in [9.17, 15) is 4.79 Å². The number of nitrogens with one attached hydrogen (secondary N) is 1. The van der Waals surface area contributed by atoms with Gasteiger partial charge in [-0.3, -0.25) is 9.48 Å². The fraction of sp³-hybridized carbons (Fsp3) is 0.600. The maximum Gasteiger partial charge on any atom is 0.227 e. The van der Waals surface area contributed by atoms with Crippen LogP contribution in [0.4, 0.5) is 5.69 Å². The highest BCUT2D eigenvalue weighted by atomic mass is 16.2. The Kier molecular flexibility index (Phi) is 2.27. The van der Waals surface area contributed by atoms with E-state index < -0.39 is 0 Å². The number of hydrogen-bond acceptors (Lipinski definition) is 2. The molecule has 14 heavy (non-hydrogen) atoms. The first-order valence-corrected chi connectivity index (χ1v) is 5.04. The molecule has 0 radical (unpaired) electrons. The molecule has 1 amide bonds. The zero-order valence-corrected chi connectivity index (χ0v) is 8.58. The fourth-order valence-corrected chi connectivity index (χ4v) is 1.48.